The fraction of sp³-hybridized carbons (Fsp3) is 0.793. The van der Waals surface area contributed by atoms with Crippen LogP contribution in [0.5, 0.6) is 0 Å². The molecule has 0 heterocycles. The monoisotopic (exact) mass is 591 g/mol. The zero-order valence-corrected chi connectivity index (χ0v) is 26.0. The Morgan fingerprint density at radius 3 is 1.95 bits per heavy atom. The molecule has 1 aromatic rings. The molecule has 228 valence electrons. The van der Waals surface area contributed by atoms with Crippen molar-refractivity contribution in [1.82, 2.24) is 4.72 Å². The molecule has 3 unspecified atom stereocenters. The molecule has 0 saturated carbocycles. The number of hydrogen-bond donors (Lipinski definition) is 3. The second kappa shape index (κ2) is 21.9. The van der Waals surface area contributed by atoms with Gasteiger partial charge in [0, 0.05) is 6.04 Å². The summed E-state index contributed by atoms with van der Waals surface area (Å²) in [5.41, 5.74) is 0.877. The average molecular weight is 592 g/mol. The van der Waals surface area contributed by atoms with Crippen LogP contribution < -0.4 is 4.72 Å². The number of nitrogens with one attached hydrogen (secondary N) is 1. The molecular weight excluding hydrogens is 537 g/mol. The number of ether oxygens (including phenoxy) is 1. The van der Waals surface area contributed by atoms with Gasteiger partial charge >= 0.3 is 7.60 Å². The van der Waals surface area contributed by atoms with E-state index < -0.39 is 29.5 Å². The number of aliphatic hydroxyl groups is 1. The first-order valence-corrected chi connectivity index (χ1v) is 18.3. The van der Waals surface area contributed by atoms with Crippen molar-refractivity contribution in [1.29, 1.82) is 0 Å². The largest absolute Gasteiger partial charge is 0.378 e. The number of benzene rings is 1. The molecule has 1 aromatic carbocycles. The second-order valence-electron chi connectivity index (χ2n) is 10.5. The van der Waals surface area contributed by atoms with Gasteiger partial charge in [-0.15, -0.1) is 0 Å². The average Bonchev–Trinajstić information content (AvgIpc) is 2.91. The predicted octanol–water partition coefficient (Wildman–Crippen LogP) is 6.90. The summed E-state index contributed by atoms with van der Waals surface area (Å²) < 4.78 is 51.3. The van der Waals surface area contributed by atoms with Gasteiger partial charge in [0.1, 0.15) is 0 Å². The number of hydrogen-bond acceptors (Lipinski definition) is 6. The van der Waals surface area contributed by atoms with Gasteiger partial charge in [0.2, 0.25) is 10.0 Å². The number of unbranched alkanes of at least 4 members (excludes halogenated alkanes) is 12. The molecule has 0 amide bonds. The van der Waals surface area contributed by atoms with E-state index in [1.807, 2.05) is 30.3 Å². The van der Waals surface area contributed by atoms with E-state index in [-0.39, 0.29) is 25.6 Å². The Hall–Kier alpha value is -0.800. The predicted molar refractivity (Wildman–Crippen MR) is 159 cm³/mol. The van der Waals surface area contributed by atoms with Crippen LogP contribution in [0.1, 0.15) is 116 Å². The van der Waals surface area contributed by atoms with E-state index in [0.29, 0.717) is 12.8 Å². The zero-order valence-electron chi connectivity index (χ0n) is 24.3. The van der Waals surface area contributed by atoms with Gasteiger partial charge in [-0.2, -0.15) is 0 Å². The minimum Gasteiger partial charge on any atom is -0.378 e. The van der Waals surface area contributed by atoms with Gasteiger partial charge < -0.3 is 19.3 Å². The van der Waals surface area contributed by atoms with E-state index in [4.69, 9.17) is 9.26 Å². The lowest BCUT2D eigenvalue weighted by molar-refractivity contribution is 0.0471. The quantitative estimate of drug-likeness (QED) is 0.0791. The van der Waals surface area contributed by atoms with Crippen molar-refractivity contribution < 1.29 is 32.2 Å². The normalized spacial score (nSPS) is 15.2. The van der Waals surface area contributed by atoms with Gasteiger partial charge in [0.25, 0.3) is 0 Å². The minimum atomic E-state index is -4.42. The number of aliphatic hydroxyl groups excluding tert-OH is 1. The summed E-state index contributed by atoms with van der Waals surface area (Å²) in [6.07, 6.45) is 15.5. The van der Waals surface area contributed by atoms with Crippen molar-refractivity contribution >= 4 is 17.6 Å². The molecule has 8 nitrogen and oxygen atoms in total. The minimum absolute atomic E-state index is 0.0295. The molecule has 1 rings (SSSR count). The lowest BCUT2D eigenvalue weighted by Gasteiger charge is -2.23. The lowest BCUT2D eigenvalue weighted by atomic mass is 10.1. The molecular formula is C29H54NO7PS. The molecule has 0 aliphatic heterocycles. The molecule has 0 saturated heterocycles. The molecule has 0 bridgehead atoms. The Morgan fingerprint density at radius 2 is 1.36 bits per heavy atom. The van der Waals surface area contributed by atoms with E-state index in [9.17, 15) is 23.0 Å². The van der Waals surface area contributed by atoms with Crippen molar-refractivity contribution in [3.8, 4) is 0 Å². The smallest absolute Gasteiger partial charge is 0.358 e. The Balaban J connectivity index is 2.45. The van der Waals surface area contributed by atoms with E-state index >= 15 is 0 Å². The van der Waals surface area contributed by atoms with Crippen molar-refractivity contribution in [3.05, 3.63) is 35.9 Å². The summed E-state index contributed by atoms with van der Waals surface area (Å²) in [5.74, 6) is -1.69. The molecule has 0 aromatic heterocycles. The molecule has 39 heavy (non-hydrogen) atoms. The van der Waals surface area contributed by atoms with Crippen LogP contribution in [0.3, 0.4) is 0 Å². The Labute approximate surface area is 237 Å². The van der Waals surface area contributed by atoms with Gasteiger partial charge in [0.15, 0.2) is 5.85 Å². The maximum Gasteiger partial charge on any atom is 0.358 e. The SMILES string of the molecule is CCCCCCCCCCCCS(=O)(=O)NC(CCCCCC)COP(=O)(O)C(O)COCc1ccccc1. The molecule has 10 heteroatoms. The van der Waals surface area contributed by atoms with Crippen molar-refractivity contribution in [2.45, 2.75) is 129 Å². The third kappa shape index (κ3) is 19.0. The summed E-state index contributed by atoms with van der Waals surface area (Å²) in [6, 6.07) is 8.66. The van der Waals surface area contributed by atoms with Crippen molar-refractivity contribution in [2.24, 2.45) is 0 Å². The third-order valence-corrected chi connectivity index (χ3v) is 9.67. The first-order chi connectivity index (χ1) is 18.7. The fourth-order valence-corrected chi connectivity index (χ4v) is 6.57. The van der Waals surface area contributed by atoms with Crippen LogP contribution in [-0.4, -0.2) is 49.3 Å². The molecule has 0 aliphatic carbocycles. The molecule has 0 radical (unpaired) electrons. The van der Waals surface area contributed by atoms with Gasteiger partial charge in [-0.05, 0) is 18.4 Å². The summed E-state index contributed by atoms with van der Waals surface area (Å²) in [4.78, 5) is 10.3. The maximum absolute atomic E-state index is 12.7. The molecule has 3 N–H and O–H groups in total. The summed E-state index contributed by atoms with van der Waals surface area (Å²) in [7, 11) is -7.97. The molecule has 0 aliphatic rings. The van der Waals surface area contributed by atoms with Crippen LogP contribution in [0, 0.1) is 0 Å². The van der Waals surface area contributed by atoms with Gasteiger partial charge in [-0.25, -0.2) is 13.1 Å². The van der Waals surface area contributed by atoms with E-state index in [2.05, 4.69) is 18.6 Å². The highest BCUT2D eigenvalue weighted by molar-refractivity contribution is 7.89. The van der Waals surface area contributed by atoms with Crippen molar-refractivity contribution in [3.63, 3.8) is 0 Å². The van der Waals surface area contributed by atoms with Crippen LogP contribution in [0.2, 0.25) is 0 Å². The van der Waals surface area contributed by atoms with Crippen LogP contribution in [0.15, 0.2) is 30.3 Å². The van der Waals surface area contributed by atoms with E-state index in [0.717, 1.165) is 50.5 Å². The van der Waals surface area contributed by atoms with E-state index in [1.165, 1.54) is 38.5 Å². The fourth-order valence-electron chi connectivity index (χ4n) is 4.32. The molecule has 0 fully saturated rings. The van der Waals surface area contributed by atoms with Crippen LogP contribution >= 0.6 is 7.60 Å². The highest BCUT2D eigenvalue weighted by Gasteiger charge is 2.32. The lowest BCUT2D eigenvalue weighted by Crippen LogP contribution is -2.39. The van der Waals surface area contributed by atoms with Gasteiger partial charge in [-0.3, -0.25) is 4.57 Å². The summed E-state index contributed by atoms with van der Waals surface area (Å²) >= 11 is 0. The first-order valence-electron chi connectivity index (χ1n) is 15.0. The van der Waals surface area contributed by atoms with Crippen LogP contribution in [-0.2, 0) is 30.5 Å². The second-order valence-corrected chi connectivity index (χ2v) is 14.4. The van der Waals surface area contributed by atoms with Gasteiger partial charge in [0.05, 0.1) is 25.6 Å². The summed E-state index contributed by atoms with van der Waals surface area (Å²) in [5, 5.41) is 10.2. The number of sulfonamides is 1. The molecule has 3 atom stereocenters. The van der Waals surface area contributed by atoms with Gasteiger partial charge in [-0.1, -0.05) is 128 Å². The van der Waals surface area contributed by atoms with E-state index in [1.54, 1.807) is 0 Å². The highest BCUT2D eigenvalue weighted by atomic mass is 32.2. The standard InChI is InChI=1S/C29H54NO7PS/c1-3-5-7-9-10-11-12-13-14-19-23-39(34,35)30-28(22-18-8-6-4-2)25-37-38(32,33)29(31)26-36-24-27-20-16-15-17-21-27/h15-17,20-21,28-31H,3-14,18-19,22-26H2,1-2H3,(H,32,33). The van der Waals surface area contributed by atoms with Crippen LogP contribution in [0.4, 0.5) is 0 Å². The Bertz CT molecular complexity index is 870. The maximum atomic E-state index is 12.7. The summed E-state index contributed by atoms with van der Waals surface area (Å²) in [6.45, 7) is 3.85. The third-order valence-electron chi connectivity index (χ3n) is 6.73. The Kier molecular flexibility index (Phi) is 20.3. The first kappa shape index (κ1) is 36.2. The molecule has 0 spiro atoms. The topological polar surface area (TPSA) is 122 Å². The number of rotatable bonds is 26. The Morgan fingerprint density at radius 1 is 0.821 bits per heavy atom. The van der Waals surface area contributed by atoms with Crippen molar-refractivity contribution in [2.75, 3.05) is 19.0 Å². The van der Waals surface area contributed by atoms with Crippen LogP contribution in [0.25, 0.3) is 0 Å². The highest BCUT2D eigenvalue weighted by Crippen LogP contribution is 2.46. The zero-order chi connectivity index (χ0) is 28.8.